The first-order valence-corrected chi connectivity index (χ1v) is 7.57. The van der Waals surface area contributed by atoms with Gasteiger partial charge in [0, 0.05) is 39.2 Å². The molecule has 3 heterocycles. The molecule has 3 rings (SSSR count). The van der Waals surface area contributed by atoms with Crippen LogP contribution in [0.4, 0.5) is 5.82 Å². The summed E-state index contributed by atoms with van der Waals surface area (Å²) in [5.41, 5.74) is 0.651. The number of rotatable bonds is 4. The van der Waals surface area contributed by atoms with Crippen molar-refractivity contribution in [2.24, 2.45) is 0 Å². The lowest BCUT2D eigenvalue weighted by Crippen LogP contribution is -2.38. The zero-order valence-electron chi connectivity index (χ0n) is 13.0. The Morgan fingerprint density at radius 1 is 1.41 bits per heavy atom. The van der Waals surface area contributed by atoms with Crippen molar-refractivity contribution in [3.05, 3.63) is 42.4 Å². The fourth-order valence-corrected chi connectivity index (χ4v) is 2.86. The highest BCUT2D eigenvalue weighted by atomic mass is 16.2. The number of amides is 1. The first-order chi connectivity index (χ1) is 10.6. The van der Waals surface area contributed by atoms with Gasteiger partial charge >= 0.3 is 0 Å². The molecule has 0 radical (unpaired) electrons. The summed E-state index contributed by atoms with van der Waals surface area (Å²) < 4.78 is 1.89. The fraction of sp³-hybridized carbons (Fsp3) is 0.438. The Hall–Kier alpha value is -2.37. The zero-order valence-corrected chi connectivity index (χ0v) is 13.0. The third-order valence-electron chi connectivity index (χ3n) is 4.05. The van der Waals surface area contributed by atoms with Crippen LogP contribution in [0.25, 0.3) is 0 Å². The lowest BCUT2D eigenvalue weighted by Gasteiger charge is -2.25. The summed E-state index contributed by atoms with van der Waals surface area (Å²) in [5.74, 6) is 0.915. The molecular formula is C16H21N5O. The highest BCUT2D eigenvalue weighted by molar-refractivity contribution is 5.94. The molecule has 0 unspecified atom stereocenters. The molecule has 116 valence electrons. The summed E-state index contributed by atoms with van der Waals surface area (Å²) in [6.07, 6.45) is 7.44. The van der Waals surface area contributed by atoms with Gasteiger partial charge in [0.15, 0.2) is 0 Å². The quantitative estimate of drug-likeness (QED) is 0.861. The summed E-state index contributed by atoms with van der Waals surface area (Å²) in [6, 6.07) is 5.85. The summed E-state index contributed by atoms with van der Waals surface area (Å²) in [7, 11) is 3.87. The smallest absolute Gasteiger partial charge is 0.255 e. The van der Waals surface area contributed by atoms with Crippen molar-refractivity contribution in [1.82, 2.24) is 19.7 Å². The van der Waals surface area contributed by atoms with E-state index in [-0.39, 0.29) is 11.9 Å². The predicted octanol–water partition coefficient (Wildman–Crippen LogP) is 1.65. The standard InChI is InChI=1S/C16H21N5O/c1-19(2)15-7-6-13(11-17-15)16(22)21-10-3-5-14(21)12-20-9-4-8-18-20/h4,6-9,11,14H,3,5,10,12H2,1-2H3/t14-/m1/s1. The monoisotopic (exact) mass is 299 g/mol. The van der Waals surface area contributed by atoms with Gasteiger partial charge in [-0.15, -0.1) is 0 Å². The van der Waals surface area contributed by atoms with Crippen LogP contribution in [0.5, 0.6) is 0 Å². The lowest BCUT2D eigenvalue weighted by molar-refractivity contribution is 0.0721. The second-order valence-electron chi connectivity index (χ2n) is 5.82. The number of pyridine rings is 1. The molecule has 0 spiro atoms. The van der Waals surface area contributed by atoms with Crippen LogP contribution in [-0.4, -0.2) is 52.3 Å². The number of aromatic nitrogens is 3. The van der Waals surface area contributed by atoms with Crippen LogP contribution in [-0.2, 0) is 6.54 Å². The average molecular weight is 299 g/mol. The normalized spacial score (nSPS) is 17.7. The molecule has 1 amide bonds. The SMILES string of the molecule is CN(C)c1ccc(C(=O)N2CCC[C@@H]2Cn2cccn2)cn1. The molecule has 0 N–H and O–H groups in total. The van der Waals surface area contributed by atoms with Gasteiger partial charge in [-0.05, 0) is 31.0 Å². The predicted molar refractivity (Wildman–Crippen MR) is 84.8 cm³/mol. The molecule has 0 bridgehead atoms. The molecule has 1 fully saturated rings. The fourth-order valence-electron chi connectivity index (χ4n) is 2.86. The van der Waals surface area contributed by atoms with E-state index < -0.39 is 0 Å². The molecule has 22 heavy (non-hydrogen) atoms. The molecule has 2 aromatic heterocycles. The van der Waals surface area contributed by atoms with E-state index in [1.165, 1.54) is 0 Å². The molecule has 0 saturated carbocycles. The highest BCUT2D eigenvalue weighted by Gasteiger charge is 2.29. The molecule has 2 aromatic rings. The summed E-state index contributed by atoms with van der Waals surface area (Å²) >= 11 is 0. The van der Waals surface area contributed by atoms with Crippen LogP contribution in [0.3, 0.4) is 0 Å². The topological polar surface area (TPSA) is 54.3 Å². The van der Waals surface area contributed by atoms with Crippen LogP contribution in [0.1, 0.15) is 23.2 Å². The van der Waals surface area contributed by atoms with Crippen molar-refractivity contribution in [3.63, 3.8) is 0 Å². The Balaban J connectivity index is 1.72. The van der Waals surface area contributed by atoms with Gasteiger partial charge in [-0.2, -0.15) is 5.10 Å². The first-order valence-electron chi connectivity index (χ1n) is 7.57. The number of hydrogen-bond acceptors (Lipinski definition) is 4. The number of likely N-dealkylation sites (tertiary alicyclic amines) is 1. The van der Waals surface area contributed by atoms with Crippen LogP contribution in [0, 0.1) is 0 Å². The van der Waals surface area contributed by atoms with E-state index in [0.29, 0.717) is 5.56 Å². The Bertz CT molecular complexity index is 620. The molecule has 0 aliphatic carbocycles. The van der Waals surface area contributed by atoms with Crippen LogP contribution < -0.4 is 4.90 Å². The van der Waals surface area contributed by atoms with E-state index in [0.717, 1.165) is 31.7 Å². The largest absolute Gasteiger partial charge is 0.363 e. The van der Waals surface area contributed by atoms with Crippen LogP contribution >= 0.6 is 0 Å². The Kier molecular flexibility index (Phi) is 4.09. The van der Waals surface area contributed by atoms with Crippen molar-refractivity contribution in [2.75, 3.05) is 25.5 Å². The van der Waals surface area contributed by atoms with E-state index in [1.54, 1.807) is 12.4 Å². The van der Waals surface area contributed by atoms with Gasteiger partial charge in [0.25, 0.3) is 5.91 Å². The van der Waals surface area contributed by atoms with E-state index in [4.69, 9.17) is 0 Å². The molecule has 1 aliphatic rings. The molecule has 0 aromatic carbocycles. The Morgan fingerprint density at radius 2 is 2.27 bits per heavy atom. The maximum atomic E-state index is 12.7. The number of carbonyl (C=O) groups is 1. The average Bonchev–Trinajstić information content (AvgIpc) is 3.19. The minimum absolute atomic E-state index is 0.0625. The van der Waals surface area contributed by atoms with Gasteiger partial charge in [0.1, 0.15) is 5.82 Å². The Labute approximate surface area is 130 Å². The third-order valence-corrected chi connectivity index (χ3v) is 4.05. The third kappa shape index (κ3) is 2.95. The second kappa shape index (κ2) is 6.17. The first kappa shape index (κ1) is 14.6. The van der Waals surface area contributed by atoms with Crippen molar-refractivity contribution in [2.45, 2.75) is 25.4 Å². The van der Waals surface area contributed by atoms with Crippen molar-refractivity contribution in [1.29, 1.82) is 0 Å². The van der Waals surface area contributed by atoms with Crippen LogP contribution in [0.2, 0.25) is 0 Å². The molecule has 1 saturated heterocycles. The second-order valence-corrected chi connectivity index (χ2v) is 5.82. The van der Waals surface area contributed by atoms with Gasteiger partial charge in [-0.3, -0.25) is 9.48 Å². The summed E-state index contributed by atoms with van der Waals surface area (Å²) in [4.78, 5) is 20.9. The zero-order chi connectivity index (χ0) is 15.5. The molecule has 1 aliphatic heterocycles. The van der Waals surface area contributed by atoms with Gasteiger partial charge in [-0.1, -0.05) is 0 Å². The maximum Gasteiger partial charge on any atom is 0.255 e. The molecular weight excluding hydrogens is 278 g/mol. The van der Waals surface area contributed by atoms with Crippen molar-refractivity contribution >= 4 is 11.7 Å². The maximum absolute atomic E-state index is 12.7. The summed E-state index contributed by atoms with van der Waals surface area (Å²) in [6.45, 7) is 1.56. The number of hydrogen-bond donors (Lipinski definition) is 0. The van der Waals surface area contributed by atoms with Gasteiger partial charge in [-0.25, -0.2) is 4.98 Å². The van der Waals surface area contributed by atoms with Gasteiger partial charge in [0.2, 0.25) is 0 Å². The van der Waals surface area contributed by atoms with Crippen molar-refractivity contribution in [3.8, 4) is 0 Å². The van der Waals surface area contributed by atoms with E-state index in [9.17, 15) is 4.79 Å². The minimum atomic E-state index is 0.0625. The molecule has 6 heteroatoms. The Morgan fingerprint density at radius 3 is 2.91 bits per heavy atom. The van der Waals surface area contributed by atoms with Crippen LogP contribution in [0.15, 0.2) is 36.8 Å². The van der Waals surface area contributed by atoms with Gasteiger partial charge in [0.05, 0.1) is 18.2 Å². The summed E-state index contributed by atoms with van der Waals surface area (Å²) in [5, 5.41) is 4.24. The molecule has 1 atom stereocenters. The highest BCUT2D eigenvalue weighted by Crippen LogP contribution is 2.21. The van der Waals surface area contributed by atoms with Crippen molar-refractivity contribution < 1.29 is 4.79 Å². The number of carbonyl (C=O) groups excluding carboxylic acids is 1. The van der Waals surface area contributed by atoms with E-state index in [1.807, 2.05) is 53.0 Å². The number of nitrogens with zero attached hydrogens (tertiary/aromatic N) is 5. The van der Waals surface area contributed by atoms with Gasteiger partial charge < -0.3 is 9.80 Å². The lowest BCUT2D eigenvalue weighted by atomic mass is 10.2. The molecule has 6 nitrogen and oxygen atoms in total. The van der Waals surface area contributed by atoms with E-state index >= 15 is 0 Å². The minimum Gasteiger partial charge on any atom is -0.363 e. The number of anilines is 1. The van der Waals surface area contributed by atoms with E-state index in [2.05, 4.69) is 10.1 Å².